The highest BCUT2D eigenvalue weighted by molar-refractivity contribution is 7.91. The molecule has 0 spiro atoms. The van der Waals surface area contributed by atoms with Crippen molar-refractivity contribution in [2.45, 2.75) is 20.3 Å². The van der Waals surface area contributed by atoms with Crippen LogP contribution in [0.4, 0.5) is 0 Å². The summed E-state index contributed by atoms with van der Waals surface area (Å²) in [7, 11) is -3.22. The predicted molar refractivity (Wildman–Crippen MR) is 107 cm³/mol. The molecule has 0 aliphatic carbocycles. The summed E-state index contributed by atoms with van der Waals surface area (Å²) < 4.78 is 23.9. The molecule has 0 N–H and O–H groups in total. The molecule has 1 saturated heterocycles. The highest BCUT2D eigenvalue weighted by atomic mass is 35.5. The lowest BCUT2D eigenvalue weighted by Gasteiger charge is -2.35. The standard InChI is InChI=1S/C18H24Cl2N2O4S/c1-13(2)12-27(25,26)11-6-16(23)21-7-9-22(10-8-21)18(24)14-4-3-5-15(19)17(14)20/h3-5,13H,6-12H2,1-2H3. The van der Waals surface area contributed by atoms with E-state index < -0.39 is 9.84 Å². The second-order valence-electron chi connectivity index (χ2n) is 7.03. The van der Waals surface area contributed by atoms with Crippen LogP contribution in [-0.4, -0.2) is 67.7 Å². The van der Waals surface area contributed by atoms with E-state index in [2.05, 4.69) is 0 Å². The van der Waals surface area contributed by atoms with E-state index >= 15 is 0 Å². The van der Waals surface area contributed by atoms with Gasteiger partial charge in [-0.3, -0.25) is 9.59 Å². The first kappa shape index (κ1) is 22.0. The Morgan fingerprint density at radius 2 is 1.67 bits per heavy atom. The van der Waals surface area contributed by atoms with Gasteiger partial charge in [0.25, 0.3) is 5.91 Å². The number of nitrogens with zero attached hydrogens (tertiary/aromatic N) is 2. The van der Waals surface area contributed by atoms with Crippen LogP contribution in [0.3, 0.4) is 0 Å². The van der Waals surface area contributed by atoms with Crippen LogP contribution in [0.15, 0.2) is 18.2 Å². The highest BCUT2D eigenvalue weighted by Gasteiger charge is 2.27. The number of benzene rings is 1. The van der Waals surface area contributed by atoms with E-state index in [0.29, 0.717) is 36.8 Å². The van der Waals surface area contributed by atoms with Crippen molar-refractivity contribution < 1.29 is 18.0 Å². The molecule has 27 heavy (non-hydrogen) atoms. The number of hydrogen-bond donors (Lipinski definition) is 0. The van der Waals surface area contributed by atoms with Gasteiger partial charge in [0, 0.05) is 32.6 Å². The van der Waals surface area contributed by atoms with Gasteiger partial charge < -0.3 is 9.80 Å². The molecule has 1 heterocycles. The zero-order valence-corrected chi connectivity index (χ0v) is 17.8. The Labute approximate surface area is 170 Å². The number of carbonyl (C=O) groups is 2. The quantitative estimate of drug-likeness (QED) is 0.689. The van der Waals surface area contributed by atoms with Gasteiger partial charge in [-0.15, -0.1) is 0 Å². The van der Waals surface area contributed by atoms with Gasteiger partial charge in [-0.1, -0.05) is 43.1 Å². The molecule has 0 aromatic heterocycles. The van der Waals surface area contributed by atoms with Crippen molar-refractivity contribution in [1.29, 1.82) is 0 Å². The summed E-state index contributed by atoms with van der Waals surface area (Å²) in [5.74, 6) is -0.438. The van der Waals surface area contributed by atoms with Crippen molar-refractivity contribution in [1.82, 2.24) is 9.80 Å². The zero-order chi connectivity index (χ0) is 20.2. The molecule has 0 bridgehead atoms. The number of amides is 2. The summed E-state index contributed by atoms with van der Waals surface area (Å²) in [6, 6.07) is 4.90. The summed E-state index contributed by atoms with van der Waals surface area (Å²) in [5.41, 5.74) is 0.337. The smallest absolute Gasteiger partial charge is 0.255 e. The molecule has 1 aliphatic heterocycles. The van der Waals surface area contributed by atoms with E-state index in [1.807, 2.05) is 13.8 Å². The third-order valence-electron chi connectivity index (χ3n) is 4.32. The van der Waals surface area contributed by atoms with Crippen LogP contribution in [0.2, 0.25) is 10.0 Å². The number of sulfone groups is 1. The maximum Gasteiger partial charge on any atom is 0.255 e. The summed E-state index contributed by atoms with van der Waals surface area (Å²) in [4.78, 5) is 28.1. The predicted octanol–water partition coefficient (Wildman–Crippen LogP) is 2.74. The van der Waals surface area contributed by atoms with Crippen LogP contribution in [0, 0.1) is 5.92 Å². The molecule has 2 rings (SSSR count). The van der Waals surface area contributed by atoms with Gasteiger partial charge in [0.2, 0.25) is 5.91 Å². The van der Waals surface area contributed by atoms with E-state index in [1.165, 1.54) is 0 Å². The highest BCUT2D eigenvalue weighted by Crippen LogP contribution is 2.26. The number of carbonyl (C=O) groups excluding carboxylic acids is 2. The fourth-order valence-corrected chi connectivity index (χ4v) is 5.04. The molecular weight excluding hydrogens is 411 g/mol. The third-order valence-corrected chi connectivity index (χ3v) is 7.14. The van der Waals surface area contributed by atoms with Crippen molar-refractivity contribution in [2.24, 2.45) is 5.92 Å². The first-order valence-corrected chi connectivity index (χ1v) is 11.4. The fraction of sp³-hybridized carbons (Fsp3) is 0.556. The molecule has 1 aromatic carbocycles. The molecule has 1 aliphatic rings. The van der Waals surface area contributed by atoms with E-state index in [9.17, 15) is 18.0 Å². The lowest BCUT2D eigenvalue weighted by Crippen LogP contribution is -2.50. The largest absolute Gasteiger partial charge is 0.339 e. The summed E-state index contributed by atoms with van der Waals surface area (Å²) in [5, 5.41) is 0.539. The minimum absolute atomic E-state index is 0.0247. The van der Waals surface area contributed by atoms with Crippen LogP contribution in [0.5, 0.6) is 0 Å². The average molecular weight is 435 g/mol. The van der Waals surface area contributed by atoms with Gasteiger partial charge in [0.05, 0.1) is 27.1 Å². The van der Waals surface area contributed by atoms with Gasteiger partial charge in [0.15, 0.2) is 9.84 Å². The van der Waals surface area contributed by atoms with Gasteiger partial charge in [-0.2, -0.15) is 0 Å². The molecular formula is C18H24Cl2N2O4S. The van der Waals surface area contributed by atoms with Crippen molar-refractivity contribution in [2.75, 3.05) is 37.7 Å². The van der Waals surface area contributed by atoms with E-state index in [4.69, 9.17) is 23.2 Å². The van der Waals surface area contributed by atoms with Crippen LogP contribution in [0.25, 0.3) is 0 Å². The monoisotopic (exact) mass is 434 g/mol. The lowest BCUT2D eigenvalue weighted by atomic mass is 10.1. The van der Waals surface area contributed by atoms with Gasteiger partial charge in [0.1, 0.15) is 0 Å². The van der Waals surface area contributed by atoms with Crippen molar-refractivity contribution >= 4 is 44.9 Å². The van der Waals surface area contributed by atoms with Crippen molar-refractivity contribution in [3.8, 4) is 0 Å². The van der Waals surface area contributed by atoms with Crippen molar-refractivity contribution in [3.63, 3.8) is 0 Å². The van der Waals surface area contributed by atoms with Crippen LogP contribution >= 0.6 is 23.2 Å². The summed E-state index contributed by atoms with van der Waals surface area (Å²) >= 11 is 12.1. The summed E-state index contributed by atoms with van der Waals surface area (Å²) in [6.07, 6.45) is -0.0247. The number of halogens is 2. The number of rotatable bonds is 6. The topological polar surface area (TPSA) is 74.8 Å². The first-order valence-electron chi connectivity index (χ1n) is 8.82. The minimum Gasteiger partial charge on any atom is -0.339 e. The Bertz CT molecular complexity index is 804. The molecule has 9 heteroatoms. The first-order chi connectivity index (χ1) is 12.6. The average Bonchev–Trinajstić information content (AvgIpc) is 2.60. The summed E-state index contributed by atoms with van der Waals surface area (Å²) in [6.45, 7) is 5.14. The van der Waals surface area contributed by atoms with E-state index in [0.717, 1.165) is 0 Å². The molecule has 150 valence electrons. The molecule has 1 fully saturated rings. The molecule has 0 unspecified atom stereocenters. The van der Waals surface area contributed by atoms with Gasteiger partial charge >= 0.3 is 0 Å². The molecule has 2 amide bonds. The number of piperazine rings is 1. The van der Waals surface area contributed by atoms with Gasteiger partial charge in [-0.05, 0) is 18.1 Å². The second-order valence-corrected chi connectivity index (χ2v) is 10.0. The third kappa shape index (κ3) is 6.09. The maximum atomic E-state index is 12.6. The van der Waals surface area contributed by atoms with Crippen LogP contribution in [-0.2, 0) is 14.6 Å². The Balaban J connectivity index is 1.88. The molecule has 0 saturated carbocycles. The van der Waals surface area contributed by atoms with Crippen LogP contribution < -0.4 is 0 Å². The normalized spacial score (nSPS) is 15.3. The van der Waals surface area contributed by atoms with Gasteiger partial charge in [-0.25, -0.2) is 8.42 Å². The van der Waals surface area contributed by atoms with Crippen LogP contribution in [0.1, 0.15) is 30.6 Å². The molecule has 6 nitrogen and oxygen atoms in total. The van der Waals surface area contributed by atoms with E-state index in [1.54, 1.807) is 28.0 Å². The lowest BCUT2D eigenvalue weighted by molar-refractivity contribution is -0.132. The zero-order valence-electron chi connectivity index (χ0n) is 15.5. The Morgan fingerprint density at radius 1 is 1.07 bits per heavy atom. The Kier molecular flexibility index (Phi) is 7.54. The van der Waals surface area contributed by atoms with E-state index in [-0.39, 0.29) is 40.7 Å². The Morgan fingerprint density at radius 3 is 2.26 bits per heavy atom. The molecule has 0 atom stereocenters. The van der Waals surface area contributed by atoms with Crippen molar-refractivity contribution in [3.05, 3.63) is 33.8 Å². The number of hydrogen-bond acceptors (Lipinski definition) is 4. The maximum absolute atomic E-state index is 12.6. The molecule has 1 aromatic rings. The Hall–Kier alpha value is -1.31. The SMILES string of the molecule is CC(C)CS(=O)(=O)CCC(=O)N1CCN(C(=O)c2cccc(Cl)c2Cl)CC1. The minimum atomic E-state index is -3.22. The molecule has 0 radical (unpaired) electrons. The fourth-order valence-electron chi connectivity index (χ4n) is 2.99. The second kappa shape index (κ2) is 9.26.